The maximum Gasteiger partial charge on any atom is 0.137 e. The molecule has 1 aromatic rings. The lowest BCUT2D eigenvalue weighted by Gasteiger charge is -2.25. The number of hydrogen-bond acceptors (Lipinski definition) is 1. The second-order valence-corrected chi connectivity index (χ2v) is 7.97. The van der Waals surface area contributed by atoms with Crippen molar-refractivity contribution in [3.05, 3.63) is 27.2 Å². The molecule has 4 unspecified atom stereocenters. The lowest BCUT2D eigenvalue weighted by Crippen LogP contribution is -2.13. The van der Waals surface area contributed by atoms with E-state index in [1.165, 1.54) is 25.7 Å². The molecule has 2 bridgehead atoms. The molecule has 0 spiro atoms. The number of fused-ring (bicyclic) bond motifs is 2. The van der Waals surface area contributed by atoms with Crippen molar-refractivity contribution in [2.45, 2.75) is 37.5 Å². The van der Waals surface area contributed by atoms with Crippen LogP contribution in [0.3, 0.4) is 0 Å². The molecule has 0 amide bonds. The maximum absolute atomic E-state index is 6.69. The van der Waals surface area contributed by atoms with Crippen molar-refractivity contribution in [1.29, 1.82) is 0 Å². The molecule has 2 saturated carbocycles. The van der Waals surface area contributed by atoms with Crippen LogP contribution in [0.5, 0.6) is 5.75 Å². The minimum atomic E-state index is -0.0238. The molecule has 0 radical (unpaired) electrons. The Balaban J connectivity index is 1.78. The Kier molecular flexibility index (Phi) is 4.54. The highest BCUT2D eigenvalue weighted by atomic mass is 79.9. The zero-order valence-electron chi connectivity index (χ0n) is 11.5. The Hall–Kier alpha value is 0.0800. The van der Waals surface area contributed by atoms with E-state index < -0.39 is 0 Å². The van der Waals surface area contributed by atoms with Crippen LogP contribution in [0.1, 0.15) is 43.0 Å². The van der Waals surface area contributed by atoms with Crippen molar-refractivity contribution in [3.63, 3.8) is 0 Å². The summed E-state index contributed by atoms with van der Waals surface area (Å²) in [6.45, 7) is 0. The SMILES string of the molecule is COc1c(Br)cc(Cl)cc1C(Cl)CC1CC2CCC1C2. The summed E-state index contributed by atoms with van der Waals surface area (Å²) >= 11 is 16.4. The predicted molar refractivity (Wildman–Crippen MR) is 87.9 cm³/mol. The smallest absolute Gasteiger partial charge is 0.137 e. The minimum Gasteiger partial charge on any atom is -0.495 e. The van der Waals surface area contributed by atoms with Gasteiger partial charge >= 0.3 is 0 Å². The molecule has 0 saturated heterocycles. The quantitative estimate of drug-likeness (QED) is 0.566. The lowest BCUT2D eigenvalue weighted by molar-refractivity contribution is 0.309. The zero-order chi connectivity index (χ0) is 14.3. The van der Waals surface area contributed by atoms with Gasteiger partial charge in [0.25, 0.3) is 0 Å². The fraction of sp³-hybridized carbons (Fsp3) is 0.625. The Labute approximate surface area is 139 Å². The third kappa shape index (κ3) is 2.84. The van der Waals surface area contributed by atoms with Gasteiger partial charge in [-0.25, -0.2) is 0 Å². The van der Waals surface area contributed by atoms with E-state index >= 15 is 0 Å². The van der Waals surface area contributed by atoms with Crippen molar-refractivity contribution < 1.29 is 4.74 Å². The van der Waals surface area contributed by atoms with Crippen molar-refractivity contribution in [1.82, 2.24) is 0 Å². The monoisotopic (exact) mass is 376 g/mol. The van der Waals surface area contributed by atoms with Gasteiger partial charge in [0.15, 0.2) is 0 Å². The summed E-state index contributed by atoms with van der Waals surface area (Å²) in [6.07, 6.45) is 6.64. The predicted octanol–water partition coefficient (Wildman–Crippen LogP) is 6.22. The fourth-order valence-electron chi connectivity index (χ4n) is 4.09. The van der Waals surface area contributed by atoms with Crippen LogP contribution < -0.4 is 4.74 Å². The second-order valence-electron chi connectivity index (χ2n) is 6.15. The van der Waals surface area contributed by atoms with E-state index in [1.807, 2.05) is 12.1 Å². The van der Waals surface area contributed by atoms with Crippen LogP contribution >= 0.6 is 39.1 Å². The van der Waals surface area contributed by atoms with Gasteiger partial charge in [0, 0.05) is 10.6 Å². The first-order chi connectivity index (χ1) is 9.58. The van der Waals surface area contributed by atoms with Gasteiger partial charge in [-0.05, 0) is 71.5 Å². The Morgan fingerprint density at radius 2 is 2.15 bits per heavy atom. The molecule has 4 atom stereocenters. The van der Waals surface area contributed by atoms with E-state index in [9.17, 15) is 0 Å². The summed E-state index contributed by atoms with van der Waals surface area (Å²) in [5.41, 5.74) is 1.01. The number of halogens is 3. The Bertz CT molecular complexity index is 505. The molecule has 1 aromatic carbocycles. The van der Waals surface area contributed by atoms with Gasteiger partial charge in [0.05, 0.1) is 17.0 Å². The molecule has 2 aliphatic rings. The summed E-state index contributed by atoms with van der Waals surface area (Å²) in [6, 6.07) is 3.79. The van der Waals surface area contributed by atoms with Gasteiger partial charge in [0.2, 0.25) is 0 Å². The molecule has 0 heterocycles. The number of rotatable bonds is 4. The van der Waals surface area contributed by atoms with E-state index in [-0.39, 0.29) is 5.38 Å². The van der Waals surface area contributed by atoms with Crippen LogP contribution in [0.4, 0.5) is 0 Å². The average Bonchev–Trinajstić information content (AvgIpc) is 3.00. The van der Waals surface area contributed by atoms with Crippen LogP contribution in [-0.4, -0.2) is 7.11 Å². The van der Waals surface area contributed by atoms with Gasteiger partial charge in [0.1, 0.15) is 5.75 Å². The topological polar surface area (TPSA) is 9.23 Å². The molecule has 0 aromatic heterocycles. The van der Waals surface area contributed by atoms with Crippen molar-refractivity contribution in [2.24, 2.45) is 17.8 Å². The largest absolute Gasteiger partial charge is 0.495 e. The Morgan fingerprint density at radius 3 is 2.75 bits per heavy atom. The zero-order valence-corrected chi connectivity index (χ0v) is 14.6. The highest BCUT2D eigenvalue weighted by molar-refractivity contribution is 9.10. The van der Waals surface area contributed by atoms with Crippen LogP contribution in [0.25, 0.3) is 0 Å². The average molecular weight is 378 g/mol. The molecule has 2 aliphatic carbocycles. The van der Waals surface area contributed by atoms with Crippen molar-refractivity contribution in [2.75, 3.05) is 7.11 Å². The third-order valence-electron chi connectivity index (χ3n) is 4.97. The molecular weight excluding hydrogens is 359 g/mol. The summed E-state index contributed by atoms with van der Waals surface area (Å²) in [7, 11) is 1.68. The highest BCUT2D eigenvalue weighted by Crippen LogP contribution is 2.52. The number of methoxy groups -OCH3 is 1. The summed E-state index contributed by atoms with van der Waals surface area (Å²) in [5, 5.41) is 0.676. The van der Waals surface area contributed by atoms with Crippen LogP contribution in [0.15, 0.2) is 16.6 Å². The van der Waals surface area contributed by atoms with E-state index in [0.29, 0.717) is 5.02 Å². The molecule has 2 fully saturated rings. The molecule has 20 heavy (non-hydrogen) atoms. The molecule has 1 nitrogen and oxygen atoms in total. The van der Waals surface area contributed by atoms with Crippen LogP contribution in [0, 0.1) is 17.8 Å². The minimum absolute atomic E-state index is 0.0238. The van der Waals surface area contributed by atoms with Crippen molar-refractivity contribution >= 4 is 39.1 Å². The summed E-state index contributed by atoms with van der Waals surface area (Å²) in [4.78, 5) is 0. The number of benzene rings is 1. The second kappa shape index (κ2) is 6.06. The van der Waals surface area contributed by atoms with Gasteiger partial charge in [-0.3, -0.25) is 0 Å². The summed E-state index contributed by atoms with van der Waals surface area (Å²) in [5.74, 6) is 3.45. The molecule has 0 N–H and O–H groups in total. The molecular formula is C16H19BrCl2O. The van der Waals surface area contributed by atoms with Gasteiger partial charge in [-0.1, -0.05) is 18.0 Å². The normalized spacial score (nSPS) is 29.7. The number of ether oxygens (including phenoxy) is 1. The summed E-state index contributed by atoms with van der Waals surface area (Å²) < 4.78 is 6.36. The molecule has 3 rings (SSSR count). The van der Waals surface area contributed by atoms with Gasteiger partial charge in [-0.15, -0.1) is 11.6 Å². The van der Waals surface area contributed by atoms with Gasteiger partial charge < -0.3 is 4.74 Å². The lowest BCUT2D eigenvalue weighted by atomic mass is 9.84. The van der Waals surface area contributed by atoms with E-state index in [4.69, 9.17) is 27.9 Å². The van der Waals surface area contributed by atoms with E-state index in [1.54, 1.807) is 7.11 Å². The highest BCUT2D eigenvalue weighted by Gasteiger charge is 2.40. The van der Waals surface area contributed by atoms with E-state index in [2.05, 4.69) is 15.9 Å². The number of alkyl halides is 1. The Morgan fingerprint density at radius 1 is 1.35 bits per heavy atom. The first kappa shape index (κ1) is 15.0. The van der Waals surface area contributed by atoms with Crippen LogP contribution in [-0.2, 0) is 0 Å². The first-order valence-electron chi connectivity index (χ1n) is 7.25. The molecule has 0 aliphatic heterocycles. The third-order valence-corrected chi connectivity index (χ3v) is 6.19. The standard InChI is InChI=1S/C16H19BrCl2O/c1-20-16-13(7-12(18)8-14(16)17)15(19)6-11-5-9-2-3-10(11)4-9/h7-11,15H,2-6H2,1H3. The van der Waals surface area contributed by atoms with Gasteiger partial charge in [-0.2, -0.15) is 0 Å². The maximum atomic E-state index is 6.69. The number of hydrogen-bond donors (Lipinski definition) is 0. The first-order valence-corrected chi connectivity index (χ1v) is 8.86. The fourth-order valence-corrected chi connectivity index (χ4v) is 5.47. The van der Waals surface area contributed by atoms with E-state index in [0.717, 1.165) is 40.0 Å². The van der Waals surface area contributed by atoms with Crippen LogP contribution in [0.2, 0.25) is 5.02 Å². The molecule has 4 heteroatoms. The molecule has 110 valence electrons. The van der Waals surface area contributed by atoms with Crippen molar-refractivity contribution in [3.8, 4) is 5.75 Å².